The van der Waals surface area contributed by atoms with Crippen LogP contribution >= 0.6 is 0 Å². The van der Waals surface area contributed by atoms with Gasteiger partial charge >= 0.3 is 0 Å². The summed E-state index contributed by atoms with van der Waals surface area (Å²) < 4.78 is 32.2. The van der Waals surface area contributed by atoms with E-state index in [1.807, 2.05) is 0 Å². The highest BCUT2D eigenvalue weighted by Gasteiger charge is 2.27. The van der Waals surface area contributed by atoms with Crippen LogP contribution in [0, 0.1) is 0 Å². The molecule has 4 N–H and O–H groups in total. The van der Waals surface area contributed by atoms with Gasteiger partial charge in [-0.1, -0.05) is 153 Å². The lowest BCUT2D eigenvalue weighted by Crippen LogP contribution is -2.50. The standard InChI is InChI=1S/C35H65NO6S/c1-3-5-7-9-11-13-15-16-17-18-19-20-22-24-26-28-30-34(38)35(39)36-32(31-43(40,41)42)33(37)29-27-25-23-21-14-12-10-8-6-4-2/h6,8,14,21,27,29,32-34,37-38H,3-5,7,9-13,15-20,22-26,28,30-31H2,1-2H3,(H,36,39)(H,40,41,42)/b8-6+,21-14+,29-27+. The molecule has 0 saturated heterocycles. The van der Waals surface area contributed by atoms with Gasteiger partial charge in [-0.3, -0.25) is 9.35 Å². The molecule has 0 heterocycles. The van der Waals surface area contributed by atoms with Gasteiger partial charge in [-0.05, 0) is 38.5 Å². The lowest BCUT2D eigenvalue weighted by atomic mass is 10.0. The van der Waals surface area contributed by atoms with Crippen molar-refractivity contribution in [3.63, 3.8) is 0 Å². The summed E-state index contributed by atoms with van der Waals surface area (Å²) in [6, 6.07) is -1.25. The van der Waals surface area contributed by atoms with E-state index in [9.17, 15) is 28.0 Å². The van der Waals surface area contributed by atoms with Crippen LogP contribution in [0.3, 0.4) is 0 Å². The molecule has 8 heteroatoms. The SMILES string of the molecule is CC/C=C/CC/C=C/CC/C=C/C(O)C(CS(=O)(=O)O)NC(=O)C(O)CCCCCCCCCCCCCCCCCC. The van der Waals surface area contributed by atoms with Crippen LogP contribution in [0.15, 0.2) is 36.5 Å². The summed E-state index contributed by atoms with van der Waals surface area (Å²) in [6.45, 7) is 4.36. The number of hydrogen-bond acceptors (Lipinski definition) is 5. The molecule has 1 amide bonds. The van der Waals surface area contributed by atoms with Gasteiger partial charge in [-0.25, -0.2) is 0 Å². The van der Waals surface area contributed by atoms with E-state index >= 15 is 0 Å². The Morgan fingerprint density at radius 1 is 0.651 bits per heavy atom. The maximum absolute atomic E-state index is 12.5. The number of amides is 1. The zero-order valence-electron chi connectivity index (χ0n) is 27.4. The lowest BCUT2D eigenvalue weighted by molar-refractivity contribution is -0.130. The first-order valence-electron chi connectivity index (χ1n) is 17.3. The second kappa shape index (κ2) is 29.2. The zero-order chi connectivity index (χ0) is 32.0. The number of carbonyl (C=O) groups excluding carboxylic acids is 1. The first-order chi connectivity index (χ1) is 20.7. The van der Waals surface area contributed by atoms with Crippen molar-refractivity contribution in [1.82, 2.24) is 5.32 Å². The molecule has 0 spiro atoms. The maximum Gasteiger partial charge on any atom is 0.267 e. The average Bonchev–Trinajstić information content (AvgIpc) is 2.96. The van der Waals surface area contributed by atoms with Crippen molar-refractivity contribution in [3.05, 3.63) is 36.5 Å². The fourth-order valence-electron chi connectivity index (χ4n) is 5.02. The molecule has 0 aliphatic rings. The number of rotatable bonds is 30. The van der Waals surface area contributed by atoms with E-state index < -0.39 is 40.0 Å². The molecule has 0 rings (SSSR count). The van der Waals surface area contributed by atoms with Crippen molar-refractivity contribution < 1.29 is 28.0 Å². The quantitative estimate of drug-likeness (QED) is 0.0360. The maximum atomic E-state index is 12.5. The number of aliphatic hydroxyl groups excluding tert-OH is 2. The minimum Gasteiger partial charge on any atom is -0.387 e. The highest BCUT2D eigenvalue weighted by molar-refractivity contribution is 7.85. The molecule has 0 saturated carbocycles. The normalized spacial score (nSPS) is 14.6. The smallest absolute Gasteiger partial charge is 0.267 e. The molecule has 0 aromatic rings. The molecule has 3 atom stereocenters. The molecule has 0 radical (unpaired) electrons. The van der Waals surface area contributed by atoms with Gasteiger partial charge < -0.3 is 15.5 Å². The third-order valence-electron chi connectivity index (χ3n) is 7.67. The Morgan fingerprint density at radius 2 is 1.07 bits per heavy atom. The Morgan fingerprint density at radius 3 is 1.51 bits per heavy atom. The van der Waals surface area contributed by atoms with Crippen LogP contribution in [0.2, 0.25) is 0 Å². The number of hydrogen-bond donors (Lipinski definition) is 4. The Hall–Kier alpha value is -1.48. The van der Waals surface area contributed by atoms with Gasteiger partial charge in [-0.2, -0.15) is 8.42 Å². The number of allylic oxidation sites excluding steroid dienone is 5. The molecule has 7 nitrogen and oxygen atoms in total. The molecule has 0 aromatic heterocycles. The van der Waals surface area contributed by atoms with Gasteiger partial charge in [0, 0.05) is 0 Å². The van der Waals surface area contributed by atoms with Gasteiger partial charge in [0.1, 0.15) is 6.10 Å². The summed E-state index contributed by atoms with van der Waals surface area (Å²) in [5.74, 6) is -1.57. The first-order valence-corrected chi connectivity index (χ1v) is 18.9. The Labute approximate surface area is 264 Å². The predicted molar refractivity (Wildman–Crippen MR) is 181 cm³/mol. The topological polar surface area (TPSA) is 124 Å². The molecule has 0 aromatic carbocycles. The first kappa shape index (κ1) is 41.5. The molecular weight excluding hydrogens is 562 g/mol. The lowest BCUT2D eigenvalue weighted by Gasteiger charge is -2.22. The van der Waals surface area contributed by atoms with Gasteiger partial charge in [0.2, 0.25) is 5.91 Å². The largest absolute Gasteiger partial charge is 0.387 e. The highest BCUT2D eigenvalue weighted by Crippen LogP contribution is 2.14. The van der Waals surface area contributed by atoms with Crippen molar-refractivity contribution in [3.8, 4) is 0 Å². The van der Waals surface area contributed by atoms with Crippen LogP contribution in [0.5, 0.6) is 0 Å². The fraction of sp³-hybridized carbons (Fsp3) is 0.800. The molecule has 43 heavy (non-hydrogen) atoms. The molecule has 252 valence electrons. The van der Waals surface area contributed by atoms with Gasteiger partial charge in [0.25, 0.3) is 10.1 Å². The molecular formula is C35H65NO6S. The summed E-state index contributed by atoms with van der Waals surface area (Å²) >= 11 is 0. The minimum atomic E-state index is -4.44. The Kier molecular flexibility index (Phi) is 28.2. The van der Waals surface area contributed by atoms with Crippen LogP contribution < -0.4 is 5.32 Å². The van der Waals surface area contributed by atoms with E-state index in [0.717, 1.165) is 44.9 Å². The van der Waals surface area contributed by atoms with Crippen LogP contribution in [-0.4, -0.2) is 53.1 Å². The second-order valence-electron chi connectivity index (χ2n) is 11.9. The number of aliphatic hydroxyl groups is 2. The van der Waals surface area contributed by atoms with Crippen LogP contribution in [0.1, 0.15) is 155 Å². The summed E-state index contributed by atoms with van der Waals surface area (Å²) in [6.07, 6.45) is 33.6. The minimum absolute atomic E-state index is 0.273. The van der Waals surface area contributed by atoms with Crippen molar-refractivity contribution in [2.75, 3.05) is 5.75 Å². The van der Waals surface area contributed by atoms with Gasteiger partial charge in [0.15, 0.2) is 0 Å². The van der Waals surface area contributed by atoms with Crippen LogP contribution in [0.4, 0.5) is 0 Å². The summed E-state index contributed by atoms with van der Waals surface area (Å²) in [5.41, 5.74) is 0. The molecule has 0 aliphatic heterocycles. The van der Waals surface area contributed by atoms with Crippen molar-refractivity contribution in [1.29, 1.82) is 0 Å². The van der Waals surface area contributed by atoms with E-state index in [1.165, 1.54) is 83.1 Å². The summed E-state index contributed by atoms with van der Waals surface area (Å²) in [4.78, 5) is 12.5. The molecule has 0 fully saturated rings. The van der Waals surface area contributed by atoms with E-state index in [4.69, 9.17) is 0 Å². The van der Waals surface area contributed by atoms with Crippen LogP contribution in [0.25, 0.3) is 0 Å². The third kappa shape index (κ3) is 29.0. The third-order valence-corrected chi connectivity index (χ3v) is 8.45. The Balaban J connectivity index is 4.13. The van der Waals surface area contributed by atoms with Crippen LogP contribution in [-0.2, 0) is 14.9 Å². The number of nitrogens with one attached hydrogen (secondary N) is 1. The van der Waals surface area contributed by atoms with E-state index in [0.29, 0.717) is 12.8 Å². The van der Waals surface area contributed by atoms with E-state index in [-0.39, 0.29) is 6.42 Å². The summed E-state index contributed by atoms with van der Waals surface area (Å²) in [5, 5.41) is 23.2. The zero-order valence-corrected chi connectivity index (χ0v) is 28.3. The average molecular weight is 628 g/mol. The van der Waals surface area contributed by atoms with E-state index in [2.05, 4.69) is 43.5 Å². The molecule has 0 aliphatic carbocycles. The second-order valence-corrected chi connectivity index (χ2v) is 13.4. The van der Waals surface area contributed by atoms with E-state index in [1.54, 1.807) is 6.08 Å². The van der Waals surface area contributed by atoms with Gasteiger partial charge in [0.05, 0.1) is 17.9 Å². The summed E-state index contributed by atoms with van der Waals surface area (Å²) in [7, 11) is -4.44. The number of carbonyl (C=O) groups is 1. The molecule has 3 unspecified atom stereocenters. The van der Waals surface area contributed by atoms with Crippen molar-refractivity contribution in [2.45, 2.75) is 173 Å². The van der Waals surface area contributed by atoms with Crippen molar-refractivity contribution >= 4 is 16.0 Å². The van der Waals surface area contributed by atoms with Crippen molar-refractivity contribution in [2.24, 2.45) is 0 Å². The number of unbranched alkanes of at least 4 members (excludes halogenated alkanes) is 17. The Bertz CT molecular complexity index is 839. The predicted octanol–water partition coefficient (Wildman–Crippen LogP) is 8.37. The van der Waals surface area contributed by atoms with Gasteiger partial charge in [-0.15, -0.1) is 0 Å². The fourth-order valence-corrected chi connectivity index (χ4v) is 5.76. The molecule has 0 bridgehead atoms. The monoisotopic (exact) mass is 627 g/mol. The highest BCUT2D eigenvalue weighted by atomic mass is 32.2.